The average Bonchev–Trinajstić information content (AvgIpc) is 2.62. The first kappa shape index (κ1) is 8.92. The van der Waals surface area contributed by atoms with E-state index >= 15 is 0 Å². The van der Waals surface area contributed by atoms with Gasteiger partial charge in [0.25, 0.3) is 0 Å². The Labute approximate surface area is 91.5 Å². The number of halogens is 1. The Kier molecular flexibility index (Phi) is 2.22. The highest BCUT2D eigenvalue weighted by Crippen LogP contribution is 2.29. The fraction of sp³-hybridized carbons (Fsp3) is 0. The van der Waals surface area contributed by atoms with Gasteiger partial charge >= 0.3 is 0 Å². The van der Waals surface area contributed by atoms with E-state index in [2.05, 4.69) is 26.1 Å². The third kappa shape index (κ3) is 1.43. The summed E-state index contributed by atoms with van der Waals surface area (Å²) in [5.41, 5.74) is 0.944. The van der Waals surface area contributed by atoms with Crippen LogP contribution in [-0.4, -0.2) is 14.9 Å². The van der Waals surface area contributed by atoms with E-state index in [-0.39, 0.29) is 0 Å². The molecule has 4 nitrogen and oxygen atoms in total. The number of nitrogens with one attached hydrogen (secondary N) is 1. The molecule has 0 aromatic carbocycles. The molecule has 0 aliphatic carbocycles. The maximum absolute atomic E-state index is 5.67. The lowest BCUT2D eigenvalue weighted by Gasteiger charge is -1.96. The molecule has 0 bridgehead atoms. The molecule has 0 radical (unpaired) electrons. The largest absolute Gasteiger partial charge is 0.335 e. The first-order valence-corrected chi connectivity index (χ1v) is 5.49. The quantitative estimate of drug-likeness (QED) is 0.620. The van der Waals surface area contributed by atoms with Gasteiger partial charge in [-0.3, -0.25) is 0 Å². The van der Waals surface area contributed by atoms with Crippen molar-refractivity contribution < 1.29 is 0 Å². The van der Waals surface area contributed by atoms with E-state index in [1.165, 1.54) is 4.68 Å². The highest BCUT2D eigenvalue weighted by atomic mass is 79.9. The van der Waals surface area contributed by atoms with Crippen LogP contribution in [0.4, 0.5) is 0 Å². The summed E-state index contributed by atoms with van der Waals surface area (Å²) < 4.78 is 2.73. The fourth-order valence-corrected chi connectivity index (χ4v) is 2.52. The molecule has 68 valence electrons. The van der Waals surface area contributed by atoms with Crippen LogP contribution in [0.25, 0.3) is 11.4 Å². The maximum atomic E-state index is 5.67. The highest BCUT2D eigenvalue weighted by molar-refractivity contribution is 9.10. The Bertz CT molecular complexity index is 483. The fourth-order valence-electron chi connectivity index (χ4n) is 0.936. The van der Waals surface area contributed by atoms with Gasteiger partial charge in [-0.2, -0.15) is 16.4 Å². The molecule has 0 spiro atoms. The van der Waals surface area contributed by atoms with Crippen LogP contribution in [0, 0.1) is 4.77 Å². The van der Waals surface area contributed by atoms with E-state index in [1.807, 2.05) is 10.8 Å². The van der Waals surface area contributed by atoms with E-state index in [4.69, 9.17) is 18.1 Å². The number of hydrogen-bond donors (Lipinski definition) is 2. The minimum absolute atomic E-state index is 0.410. The van der Waals surface area contributed by atoms with Crippen molar-refractivity contribution in [2.45, 2.75) is 0 Å². The smallest absolute Gasteiger partial charge is 0.214 e. The number of thiophene rings is 1. The van der Waals surface area contributed by atoms with Crippen molar-refractivity contribution in [3.8, 4) is 11.4 Å². The Balaban J connectivity index is 2.65. The lowest BCUT2D eigenvalue weighted by atomic mass is 10.3. The summed E-state index contributed by atoms with van der Waals surface area (Å²) in [6, 6.07) is 0. The number of aromatic nitrogens is 3. The summed E-state index contributed by atoms with van der Waals surface area (Å²) in [5.74, 6) is 6.30. The number of H-pyrrole nitrogens is 1. The predicted molar refractivity (Wildman–Crippen MR) is 58.6 cm³/mol. The van der Waals surface area contributed by atoms with Crippen LogP contribution < -0.4 is 5.84 Å². The molecule has 2 rings (SSSR count). The Morgan fingerprint density at radius 3 is 2.85 bits per heavy atom. The first-order chi connectivity index (χ1) is 6.20. The molecule has 0 fully saturated rings. The second kappa shape index (κ2) is 3.24. The van der Waals surface area contributed by atoms with Gasteiger partial charge in [0.05, 0.1) is 0 Å². The predicted octanol–water partition coefficient (Wildman–Crippen LogP) is 2.15. The van der Waals surface area contributed by atoms with Gasteiger partial charge in [0.1, 0.15) is 0 Å². The van der Waals surface area contributed by atoms with Gasteiger partial charge in [0.15, 0.2) is 5.82 Å². The number of rotatable bonds is 1. The standard InChI is InChI=1S/C6H5BrN4S2/c7-4-2-13-1-3(4)5-9-10-6(12)11(5)8/h1-2H,8H2,(H,10,12). The molecule has 0 aliphatic heterocycles. The lowest BCUT2D eigenvalue weighted by Crippen LogP contribution is -2.09. The molecule has 7 heteroatoms. The SMILES string of the molecule is Nn1c(-c2cscc2Br)n[nH]c1=S. The molecule has 0 atom stereocenters. The van der Waals surface area contributed by atoms with Gasteiger partial charge in [-0.15, -0.1) is 0 Å². The van der Waals surface area contributed by atoms with Crippen molar-refractivity contribution in [2.24, 2.45) is 0 Å². The van der Waals surface area contributed by atoms with Gasteiger partial charge in [-0.25, -0.2) is 9.77 Å². The second-order valence-electron chi connectivity index (χ2n) is 2.36. The van der Waals surface area contributed by atoms with Crippen LogP contribution in [0.1, 0.15) is 0 Å². The molecule has 2 aromatic rings. The molecule has 0 saturated carbocycles. The van der Waals surface area contributed by atoms with Crippen LogP contribution in [0.5, 0.6) is 0 Å². The van der Waals surface area contributed by atoms with Gasteiger partial charge in [-0.05, 0) is 28.1 Å². The molecule has 0 aliphatic rings. The van der Waals surface area contributed by atoms with Crippen molar-refractivity contribution in [3.63, 3.8) is 0 Å². The van der Waals surface area contributed by atoms with Crippen molar-refractivity contribution in [1.82, 2.24) is 14.9 Å². The van der Waals surface area contributed by atoms with Crippen molar-refractivity contribution in [3.05, 3.63) is 20.0 Å². The number of nitrogens with two attached hydrogens (primary N) is 1. The zero-order chi connectivity index (χ0) is 9.42. The van der Waals surface area contributed by atoms with E-state index < -0.39 is 0 Å². The summed E-state index contributed by atoms with van der Waals surface area (Å²) in [6.45, 7) is 0. The molecule has 3 N–H and O–H groups in total. The third-order valence-electron chi connectivity index (χ3n) is 1.56. The van der Waals surface area contributed by atoms with E-state index in [1.54, 1.807) is 11.3 Å². The van der Waals surface area contributed by atoms with Crippen molar-refractivity contribution in [1.29, 1.82) is 0 Å². The summed E-state index contributed by atoms with van der Waals surface area (Å²) >= 11 is 9.87. The molecule has 0 unspecified atom stereocenters. The molecular formula is C6H5BrN4S2. The third-order valence-corrected chi connectivity index (χ3v) is 3.55. The van der Waals surface area contributed by atoms with E-state index in [0.717, 1.165) is 10.0 Å². The molecular weight excluding hydrogens is 272 g/mol. The molecule has 0 saturated heterocycles. The highest BCUT2D eigenvalue weighted by Gasteiger charge is 2.10. The van der Waals surface area contributed by atoms with Crippen LogP contribution >= 0.6 is 39.5 Å². The van der Waals surface area contributed by atoms with Gasteiger partial charge < -0.3 is 5.84 Å². The Hall–Kier alpha value is -0.660. The molecule has 2 aromatic heterocycles. The van der Waals surface area contributed by atoms with Gasteiger partial charge in [0.2, 0.25) is 4.77 Å². The minimum atomic E-state index is 0.410. The number of nitrogens with zero attached hydrogens (tertiary/aromatic N) is 2. The lowest BCUT2D eigenvalue weighted by molar-refractivity contribution is 0.984. The van der Waals surface area contributed by atoms with Crippen LogP contribution in [0.3, 0.4) is 0 Å². The average molecular weight is 277 g/mol. The normalized spacial score (nSPS) is 10.5. The van der Waals surface area contributed by atoms with E-state index in [9.17, 15) is 0 Å². The Morgan fingerprint density at radius 2 is 2.38 bits per heavy atom. The summed E-state index contributed by atoms with van der Waals surface area (Å²) in [6.07, 6.45) is 0. The van der Waals surface area contributed by atoms with E-state index in [0.29, 0.717) is 10.6 Å². The zero-order valence-corrected chi connectivity index (χ0v) is 9.54. The van der Waals surface area contributed by atoms with Crippen LogP contribution in [-0.2, 0) is 0 Å². The minimum Gasteiger partial charge on any atom is -0.335 e. The number of aromatic amines is 1. The number of nitrogen functional groups attached to an aromatic ring is 1. The Morgan fingerprint density at radius 1 is 1.62 bits per heavy atom. The molecule has 0 amide bonds. The summed E-state index contributed by atoms with van der Waals surface area (Å²) in [4.78, 5) is 0. The number of hydrogen-bond acceptors (Lipinski definition) is 4. The van der Waals surface area contributed by atoms with Gasteiger partial charge in [0, 0.05) is 20.8 Å². The van der Waals surface area contributed by atoms with Gasteiger partial charge in [-0.1, -0.05) is 0 Å². The molecule has 2 heterocycles. The topological polar surface area (TPSA) is 59.6 Å². The first-order valence-electron chi connectivity index (χ1n) is 3.34. The summed E-state index contributed by atoms with van der Waals surface area (Å²) in [5, 5.41) is 10.6. The monoisotopic (exact) mass is 276 g/mol. The second-order valence-corrected chi connectivity index (χ2v) is 4.34. The zero-order valence-electron chi connectivity index (χ0n) is 6.32. The maximum Gasteiger partial charge on any atom is 0.214 e. The van der Waals surface area contributed by atoms with Crippen LogP contribution in [0.15, 0.2) is 15.2 Å². The van der Waals surface area contributed by atoms with Crippen molar-refractivity contribution in [2.75, 3.05) is 5.84 Å². The summed E-state index contributed by atoms with van der Waals surface area (Å²) in [7, 11) is 0. The molecule has 13 heavy (non-hydrogen) atoms. The van der Waals surface area contributed by atoms with Crippen molar-refractivity contribution >= 4 is 39.5 Å². The van der Waals surface area contributed by atoms with Crippen LogP contribution in [0.2, 0.25) is 0 Å².